The van der Waals surface area contributed by atoms with Crippen molar-refractivity contribution in [3.05, 3.63) is 27.6 Å². The van der Waals surface area contributed by atoms with E-state index in [0.29, 0.717) is 11.9 Å². The monoisotopic (exact) mass is 402 g/mol. The van der Waals surface area contributed by atoms with Crippen molar-refractivity contribution in [1.29, 1.82) is 0 Å². The van der Waals surface area contributed by atoms with E-state index < -0.39 is 0 Å². The Balaban J connectivity index is 1.97. The Bertz CT molecular complexity index is 600. The van der Waals surface area contributed by atoms with Crippen LogP contribution in [0.3, 0.4) is 0 Å². The molecule has 1 aromatic carbocycles. The van der Waals surface area contributed by atoms with Crippen molar-refractivity contribution in [2.75, 3.05) is 0 Å². The van der Waals surface area contributed by atoms with Crippen molar-refractivity contribution < 1.29 is 0 Å². The van der Waals surface area contributed by atoms with E-state index in [1.807, 2.05) is 0 Å². The summed E-state index contributed by atoms with van der Waals surface area (Å²) >= 11 is 8.47. The Labute approximate surface area is 139 Å². The molecule has 1 saturated carbocycles. The van der Waals surface area contributed by atoms with Crippen molar-refractivity contribution in [3.8, 4) is 0 Å². The van der Waals surface area contributed by atoms with Gasteiger partial charge in [-0.2, -0.15) is 0 Å². The number of hydrogen-bond donors (Lipinski definition) is 0. The lowest BCUT2D eigenvalue weighted by atomic mass is 9.84. The topological polar surface area (TPSA) is 17.8 Å². The molecule has 1 aliphatic rings. The molecule has 1 aliphatic carbocycles. The first kappa shape index (κ1) is 14.6. The van der Waals surface area contributed by atoms with Gasteiger partial charge in [-0.05, 0) is 72.4 Å². The van der Waals surface area contributed by atoms with Crippen molar-refractivity contribution in [1.82, 2.24) is 9.55 Å². The molecule has 0 amide bonds. The molecule has 0 unspecified atom stereocenters. The van der Waals surface area contributed by atoms with Crippen LogP contribution in [0.5, 0.6) is 0 Å². The van der Waals surface area contributed by atoms with Gasteiger partial charge in [-0.25, -0.2) is 4.98 Å². The van der Waals surface area contributed by atoms with E-state index in [1.165, 1.54) is 41.2 Å². The highest BCUT2D eigenvalue weighted by Gasteiger charge is 2.24. The highest BCUT2D eigenvalue weighted by Crippen LogP contribution is 2.36. The number of nitrogens with zero attached hydrogens (tertiary/aromatic N) is 2. The van der Waals surface area contributed by atoms with Gasteiger partial charge in [-0.3, -0.25) is 0 Å². The summed E-state index contributed by atoms with van der Waals surface area (Å²) < 4.78 is 3.64. The van der Waals surface area contributed by atoms with Crippen molar-refractivity contribution in [2.45, 2.75) is 50.9 Å². The molecule has 0 spiro atoms. The number of hydrogen-bond acceptors (Lipinski definition) is 1. The summed E-state index contributed by atoms with van der Waals surface area (Å²) in [5.41, 5.74) is 2.34. The summed E-state index contributed by atoms with van der Waals surface area (Å²) in [5.74, 6) is 2.45. The van der Waals surface area contributed by atoms with Gasteiger partial charge in [0.1, 0.15) is 5.82 Å². The zero-order valence-electron chi connectivity index (χ0n) is 11.8. The van der Waals surface area contributed by atoms with Crippen LogP contribution in [-0.4, -0.2) is 9.55 Å². The maximum Gasteiger partial charge on any atom is 0.125 e. The first-order chi connectivity index (χ1) is 9.72. The molecule has 0 bridgehead atoms. The van der Waals surface area contributed by atoms with Crippen LogP contribution in [0.4, 0.5) is 0 Å². The first-order valence-electron chi connectivity index (χ1n) is 7.45. The average molecular weight is 403 g/mol. The second kappa shape index (κ2) is 6.22. The highest BCUT2D eigenvalue weighted by atomic mass is 127. The van der Waals surface area contributed by atoms with E-state index in [1.54, 1.807) is 0 Å². The van der Waals surface area contributed by atoms with Gasteiger partial charge in [0, 0.05) is 9.61 Å². The third kappa shape index (κ3) is 2.71. The van der Waals surface area contributed by atoms with Gasteiger partial charge in [0.05, 0.1) is 16.9 Å². The lowest BCUT2D eigenvalue weighted by Gasteiger charge is -2.30. The van der Waals surface area contributed by atoms with Crippen LogP contribution in [-0.2, 0) is 5.88 Å². The van der Waals surface area contributed by atoms with Gasteiger partial charge < -0.3 is 4.57 Å². The molecule has 2 aromatic rings. The Morgan fingerprint density at radius 2 is 2.05 bits per heavy atom. The standard InChI is InChI=1S/C16H20ClIN2/c1-2-11-3-6-13(7-4-11)20-15-8-5-12(18)9-14(15)19-16(20)10-17/h5,8-9,11,13H,2-4,6-7,10H2,1H3. The molecule has 0 saturated heterocycles. The van der Waals surface area contributed by atoms with Crippen LogP contribution in [0.15, 0.2) is 18.2 Å². The third-order valence-corrected chi connectivity index (χ3v) is 5.51. The van der Waals surface area contributed by atoms with Gasteiger partial charge in [-0.1, -0.05) is 13.3 Å². The summed E-state index contributed by atoms with van der Waals surface area (Å²) in [6.45, 7) is 2.31. The zero-order chi connectivity index (χ0) is 14.1. The summed E-state index contributed by atoms with van der Waals surface area (Å²) in [4.78, 5) is 4.73. The summed E-state index contributed by atoms with van der Waals surface area (Å²) in [7, 11) is 0. The van der Waals surface area contributed by atoms with Crippen LogP contribution >= 0.6 is 34.2 Å². The minimum absolute atomic E-state index is 0.499. The first-order valence-corrected chi connectivity index (χ1v) is 9.06. The van der Waals surface area contributed by atoms with Crippen LogP contribution in [0.2, 0.25) is 0 Å². The van der Waals surface area contributed by atoms with Gasteiger partial charge in [0.2, 0.25) is 0 Å². The average Bonchev–Trinajstić information content (AvgIpc) is 2.84. The SMILES string of the molecule is CCC1CCC(n2c(CCl)nc3cc(I)ccc32)CC1. The quantitative estimate of drug-likeness (QED) is 0.488. The number of fused-ring (bicyclic) bond motifs is 1. The van der Waals surface area contributed by atoms with Gasteiger partial charge >= 0.3 is 0 Å². The molecular weight excluding hydrogens is 383 g/mol. The zero-order valence-corrected chi connectivity index (χ0v) is 14.7. The molecule has 4 heteroatoms. The molecule has 0 radical (unpaired) electrons. The predicted molar refractivity (Wildman–Crippen MR) is 93.3 cm³/mol. The van der Waals surface area contributed by atoms with Gasteiger partial charge in [-0.15, -0.1) is 11.6 Å². The fourth-order valence-corrected chi connectivity index (χ4v) is 4.10. The predicted octanol–water partition coefficient (Wildman–Crippen LogP) is 5.52. The molecule has 1 fully saturated rings. The summed E-state index contributed by atoms with van der Waals surface area (Å²) in [6, 6.07) is 7.10. The van der Waals surface area contributed by atoms with Gasteiger partial charge in [0.15, 0.2) is 0 Å². The Hall–Kier alpha value is -0.290. The van der Waals surface area contributed by atoms with Crippen molar-refractivity contribution in [3.63, 3.8) is 0 Å². The lowest BCUT2D eigenvalue weighted by molar-refractivity contribution is 0.270. The normalized spacial score (nSPS) is 23.4. The van der Waals surface area contributed by atoms with Crippen LogP contribution in [0, 0.1) is 9.49 Å². The number of imidazole rings is 1. The third-order valence-electron chi connectivity index (χ3n) is 4.60. The van der Waals surface area contributed by atoms with Crippen LogP contribution < -0.4 is 0 Å². The molecule has 108 valence electrons. The Morgan fingerprint density at radius 1 is 1.30 bits per heavy atom. The number of alkyl halides is 1. The number of rotatable bonds is 3. The fraction of sp³-hybridized carbons (Fsp3) is 0.562. The highest BCUT2D eigenvalue weighted by molar-refractivity contribution is 14.1. The maximum atomic E-state index is 6.13. The molecule has 0 aliphatic heterocycles. The van der Waals surface area contributed by atoms with E-state index in [-0.39, 0.29) is 0 Å². The smallest absolute Gasteiger partial charge is 0.125 e. The van der Waals surface area contributed by atoms with Crippen molar-refractivity contribution in [2.24, 2.45) is 5.92 Å². The minimum atomic E-state index is 0.499. The molecule has 1 aromatic heterocycles. The molecule has 2 nitrogen and oxygen atoms in total. The number of halogens is 2. The fourth-order valence-electron chi connectivity index (χ4n) is 3.43. The van der Waals surface area contributed by atoms with Crippen LogP contribution in [0.25, 0.3) is 11.0 Å². The maximum absolute atomic E-state index is 6.13. The second-order valence-electron chi connectivity index (χ2n) is 5.75. The molecule has 1 heterocycles. The van der Waals surface area contributed by atoms with Crippen molar-refractivity contribution >= 4 is 45.2 Å². The van der Waals surface area contributed by atoms with Gasteiger partial charge in [0.25, 0.3) is 0 Å². The number of benzene rings is 1. The van der Waals surface area contributed by atoms with E-state index >= 15 is 0 Å². The Morgan fingerprint density at radius 3 is 2.70 bits per heavy atom. The summed E-state index contributed by atoms with van der Waals surface area (Å²) in [5, 5.41) is 0. The Kier molecular flexibility index (Phi) is 4.55. The molecular formula is C16H20ClIN2. The lowest BCUT2D eigenvalue weighted by Crippen LogP contribution is -2.19. The summed E-state index contributed by atoms with van der Waals surface area (Å²) in [6.07, 6.45) is 6.53. The van der Waals surface area contributed by atoms with E-state index in [9.17, 15) is 0 Å². The molecule has 0 N–H and O–H groups in total. The van der Waals surface area contributed by atoms with E-state index in [2.05, 4.69) is 52.3 Å². The second-order valence-corrected chi connectivity index (χ2v) is 7.26. The van der Waals surface area contributed by atoms with E-state index in [0.717, 1.165) is 17.3 Å². The van der Waals surface area contributed by atoms with Crippen LogP contribution in [0.1, 0.15) is 50.9 Å². The molecule has 3 rings (SSSR count). The molecule has 20 heavy (non-hydrogen) atoms. The molecule has 0 atom stereocenters. The van der Waals surface area contributed by atoms with E-state index in [4.69, 9.17) is 16.6 Å². The number of aromatic nitrogens is 2. The minimum Gasteiger partial charge on any atom is -0.324 e. The largest absolute Gasteiger partial charge is 0.324 e.